The summed E-state index contributed by atoms with van der Waals surface area (Å²) >= 11 is 0. The van der Waals surface area contributed by atoms with Crippen LogP contribution in [0.1, 0.15) is 56.4 Å². The summed E-state index contributed by atoms with van der Waals surface area (Å²) in [7, 11) is 3.33. The number of aliphatic hydroxyl groups excluding tert-OH is 1. The third kappa shape index (κ3) is 5.29. The number of methoxy groups -OCH3 is 2. The van der Waals surface area contributed by atoms with E-state index in [0.29, 0.717) is 24.0 Å². The standard InChI is InChI=1S/C25H37N3O3/c1-7-11-28(12-8-2)23-19(15-20(29)18-9-10-18)26-24(27-25(23)31-6)22-17(4)13-16(3)14-21(22)30-5/h13-14,18,20,29H,7-12,15H2,1-6H3. The highest BCUT2D eigenvalue weighted by Crippen LogP contribution is 2.40. The summed E-state index contributed by atoms with van der Waals surface area (Å²) < 4.78 is 11.5. The number of anilines is 1. The molecule has 0 amide bonds. The molecule has 1 aromatic heterocycles. The Morgan fingerprint density at radius 3 is 2.29 bits per heavy atom. The number of rotatable bonds is 11. The third-order valence-corrected chi connectivity index (χ3v) is 5.88. The molecule has 1 N–H and O–H groups in total. The van der Waals surface area contributed by atoms with Gasteiger partial charge in [-0.3, -0.25) is 0 Å². The highest BCUT2D eigenvalue weighted by atomic mass is 16.5. The van der Waals surface area contributed by atoms with Crippen molar-refractivity contribution < 1.29 is 14.6 Å². The fourth-order valence-electron chi connectivity index (χ4n) is 4.29. The van der Waals surface area contributed by atoms with Crippen LogP contribution >= 0.6 is 0 Å². The summed E-state index contributed by atoms with van der Waals surface area (Å²) in [6.45, 7) is 10.2. The summed E-state index contributed by atoms with van der Waals surface area (Å²) in [4.78, 5) is 12.2. The van der Waals surface area contributed by atoms with E-state index < -0.39 is 6.10 Å². The molecule has 1 aromatic carbocycles. The number of ether oxygens (including phenoxy) is 2. The molecule has 0 aliphatic heterocycles. The molecule has 6 nitrogen and oxygen atoms in total. The van der Waals surface area contributed by atoms with Gasteiger partial charge < -0.3 is 19.5 Å². The normalized spacial score (nSPS) is 14.4. The Labute approximate surface area is 186 Å². The van der Waals surface area contributed by atoms with Gasteiger partial charge in [-0.05, 0) is 62.6 Å². The molecule has 170 valence electrons. The predicted octanol–water partition coefficient (Wildman–Crippen LogP) is 4.72. The van der Waals surface area contributed by atoms with Gasteiger partial charge in [-0.2, -0.15) is 4.98 Å². The summed E-state index contributed by atoms with van der Waals surface area (Å²) in [6, 6.07) is 4.12. The molecule has 1 fully saturated rings. The van der Waals surface area contributed by atoms with Gasteiger partial charge in [0.15, 0.2) is 5.82 Å². The summed E-state index contributed by atoms with van der Waals surface area (Å²) in [6.07, 6.45) is 4.32. The van der Waals surface area contributed by atoms with Gasteiger partial charge in [-0.25, -0.2) is 4.98 Å². The summed E-state index contributed by atoms with van der Waals surface area (Å²) in [5.74, 6) is 2.27. The molecule has 0 bridgehead atoms. The van der Waals surface area contributed by atoms with Crippen molar-refractivity contribution in [1.29, 1.82) is 0 Å². The van der Waals surface area contributed by atoms with E-state index in [4.69, 9.17) is 19.4 Å². The second-order valence-corrected chi connectivity index (χ2v) is 8.61. The van der Waals surface area contributed by atoms with Gasteiger partial charge in [0, 0.05) is 19.5 Å². The number of nitrogens with zero attached hydrogens (tertiary/aromatic N) is 3. The highest BCUT2D eigenvalue weighted by molar-refractivity contribution is 5.72. The fraction of sp³-hybridized carbons (Fsp3) is 0.600. The zero-order chi connectivity index (χ0) is 22.5. The average molecular weight is 428 g/mol. The molecular formula is C25H37N3O3. The number of hydrogen-bond acceptors (Lipinski definition) is 6. The Bertz CT molecular complexity index is 890. The van der Waals surface area contributed by atoms with Gasteiger partial charge >= 0.3 is 0 Å². The van der Waals surface area contributed by atoms with Crippen LogP contribution in [-0.2, 0) is 6.42 Å². The number of aryl methyl sites for hydroxylation is 2. The van der Waals surface area contributed by atoms with Gasteiger partial charge in [0.2, 0.25) is 5.88 Å². The lowest BCUT2D eigenvalue weighted by atomic mass is 10.0. The van der Waals surface area contributed by atoms with E-state index >= 15 is 0 Å². The Kier molecular flexibility index (Phi) is 7.76. The maximum Gasteiger partial charge on any atom is 0.241 e. The van der Waals surface area contributed by atoms with E-state index in [1.54, 1.807) is 14.2 Å². The molecule has 0 radical (unpaired) electrons. The van der Waals surface area contributed by atoms with Crippen LogP contribution in [0.15, 0.2) is 12.1 Å². The third-order valence-electron chi connectivity index (χ3n) is 5.88. The van der Waals surface area contributed by atoms with Crippen molar-refractivity contribution >= 4 is 5.69 Å². The molecule has 31 heavy (non-hydrogen) atoms. The molecule has 1 aliphatic carbocycles. The van der Waals surface area contributed by atoms with Crippen LogP contribution < -0.4 is 14.4 Å². The lowest BCUT2D eigenvalue weighted by Gasteiger charge is -2.28. The van der Waals surface area contributed by atoms with Gasteiger partial charge in [-0.15, -0.1) is 0 Å². The Hall–Kier alpha value is -2.34. The first-order chi connectivity index (χ1) is 14.9. The lowest BCUT2D eigenvalue weighted by molar-refractivity contribution is 0.150. The molecule has 6 heteroatoms. The molecule has 1 unspecified atom stereocenters. The van der Waals surface area contributed by atoms with Crippen molar-refractivity contribution in [3.05, 3.63) is 29.0 Å². The maximum absolute atomic E-state index is 10.8. The van der Waals surface area contributed by atoms with Crippen LogP contribution in [0.25, 0.3) is 11.4 Å². The molecule has 1 heterocycles. The smallest absolute Gasteiger partial charge is 0.241 e. The zero-order valence-corrected chi connectivity index (χ0v) is 19.9. The van der Waals surface area contributed by atoms with E-state index in [2.05, 4.69) is 31.7 Å². The van der Waals surface area contributed by atoms with Crippen molar-refractivity contribution in [3.63, 3.8) is 0 Å². The van der Waals surface area contributed by atoms with Crippen molar-refractivity contribution in [3.8, 4) is 23.0 Å². The minimum Gasteiger partial charge on any atom is -0.496 e. The Balaban J connectivity index is 2.19. The quantitative estimate of drug-likeness (QED) is 0.560. The Morgan fingerprint density at radius 1 is 1.06 bits per heavy atom. The summed E-state index contributed by atoms with van der Waals surface area (Å²) in [5, 5.41) is 10.8. The van der Waals surface area contributed by atoms with Crippen LogP contribution in [0.4, 0.5) is 5.69 Å². The van der Waals surface area contributed by atoms with E-state index in [9.17, 15) is 5.11 Å². The first-order valence-corrected chi connectivity index (χ1v) is 11.5. The van der Waals surface area contributed by atoms with Crippen molar-refractivity contribution in [2.75, 3.05) is 32.2 Å². The van der Waals surface area contributed by atoms with Crippen LogP contribution in [0.5, 0.6) is 11.6 Å². The average Bonchev–Trinajstić information content (AvgIpc) is 3.58. The van der Waals surface area contributed by atoms with E-state index in [-0.39, 0.29) is 0 Å². The first kappa shape index (κ1) is 23.3. The number of benzene rings is 1. The van der Waals surface area contributed by atoms with Crippen molar-refractivity contribution in [1.82, 2.24) is 9.97 Å². The minimum absolute atomic E-state index is 0.374. The van der Waals surface area contributed by atoms with Crippen LogP contribution in [0.3, 0.4) is 0 Å². The van der Waals surface area contributed by atoms with Crippen LogP contribution in [0.2, 0.25) is 0 Å². The molecule has 3 rings (SSSR count). The van der Waals surface area contributed by atoms with Gasteiger partial charge in [-0.1, -0.05) is 19.9 Å². The lowest BCUT2D eigenvalue weighted by Crippen LogP contribution is -2.28. The fourth-order valence-corrected chi connectivity index (χ4v) is 4.29. The van der Waals surface area contributed by atoms with E-state index in [0.717, 1.165) is 72.6 Å². The number of aliphatic hydroxyl groups is 1. The van der Waals surface area contributed by atoms with Gasteiger partial charge in [0.05, 0.1) is 31.6 Å². The molecular weight excluding hydrogens is 390 g/mol. The first-order valence-electron chi connectivity index (χ1n) is 11.5. The monoisotopic (exact) mass is 427 g/mol. The molecule has 0 spiro atoms. The molecule has 1 saturated carbocycles. The molecule has 1 atom stereocenters. The zero-order valence-electron chi connectivity index (χ0n) is 19.9. The van der Waals surface area contributed by atoms with Crippen LogP contribution in [-0.4, -0.2) is 48.5 Å². The Morgan fingerprint density at radius 2 is 1.74 bits per heavy atom. The highest BCUT2D eigenvalue weighted by Gasteiger charge is 2.32. The molecule has 0 saturated heterocycles. The summed E-state index contributed by atoms with van der Waals surface area (Å²) in [5.41, 5.74) is 4.82. The SMILES string of the molecule is CCCN(CCC)c1c(CC(O)C2CC2)nc(-c2c(C)cc(C)cc2OC)nc1OC. The minimum atomic E-state index is -0.391. The van der Waals surface area contributed by atoms with Crippen molar-refractivity contribution in [2.24, 2.45) is 5.92 Å². The number of aromatic nitrogens is 2. The topological polar surface area (TPSA) is 67.7 Å². The van der Waals surface area contributed by atoms with Gasteiger partial charge in [0.1, 0.15) is 11.4 Å². The van der Waals surface area contributed by atoms with E-state index in [1.807, 2.05) is 13.0 Å². The van der Waals surface area contributed by atoms with E-state index in [1.165, 1.54) is 0 Å². The van der Waals surface area contributed by atoms with Crippen LogP contribution in [0, 0.1) is 19.8 Å². The second-order valence-electron chi connectivity index (χ2n) is 8.61. The predicted molar refractivity (Wildman–Crippen MR) is 125 cm³/mol. The molecule has 2 aromatic rings. The molecule has 1 aliphatic rings. The van der Waals surface area contributed by atoms with Gasteiger partial charge in [0.25, 0.3) is 0 Å². The number of hydrogen-bond donors (Lipinski definition) is 1. The van der Waals surface area contributed by atoms with Crippen molar-refractivity contribution in [2.45, 2.75) is 65.9 Å². The second kappa shape index (κ2) is 10.3. The maximum atomic E-state index is 10.8. The largest absolute Gasteiger partial charge is 0.496 e.